The van der Waals surface area contributed by atoms with Gasteiger partial charge in [0.15, 0.2) is 6.29 Å². The number of nitrogens with zero attached hydrogens (tertiary/aromatic N) is 1. The quantitative estimate of drug-likeness (QED) is 0.0274. The number of primary amides is 3. The summed E-state index contributed by atoms with van der Waals surface area (Å²) < 4.78 is 11.0. The van der Waals surface area contributed by atoms with Crippen molar-refractivity contribution in [1.29, 1.82) is 0 Å². The van der Waals surface area contributed by atoms with Crippen molar-refractivity contribution in [3.05, 3.63) is 65.7 Å². The van der Waals surface area contributed by atoms with Crippen molar-refractivity contribution in [2.45, 2.75) is 255 Å². The average Bonchev–Trinajstić information content (AvgIpc) is 0.833. The van der Waals surface area contributed by atoms with Crippen LogP contribution in [0, 0.1) is 17.8 Å². The Morgan fingerprint density at radius 3 is 1.50 bits per heavy atom. The van der Waals surface area contributed by atoms with Crippen LogP contribution in [0.3, 0.4) is 0 Å². The third-order valence-corrected chi connectivity index (χ3v) is 19.9. The Bertz CT molecular complexity index is 4140. The zero-order chi connectivity index (χ0) is 96.7. The van der Waals surface area contributed by atoms with Crippen LogP contribution in [0.5, 0.6) is 5.75 Å². The van der Waals surface area contributed by atoms with Gasteiger partial charge < -0.3 is 148 Å². The number of hydrogen-bond acceptors (Lipinski definition) is 28. The lowest BCUT2D eigenvalue weighted by Gasteiger charge is -2.40. The summed E-state index contributed by atoms with van der Waals surface area (Å²) in [5, 5.41) is 93.8. The van der Waals surface area contributed by atoms with E-state index >= 15 is 0 Å². The minimum atomic E-state index is -2.10. The number of aromatic hydroxyl groups is 1. The Morgan fingerprint density at radius 2 is 0.945 bits per heavy atom. The van der Waals surface area contributed by atoms with Crippen LogP contribution in [0.15, 0.2) is 54.6 Å². The van der Waals surface area contributed by atoms with Crippen LogP contribution < -0.4 is 103 Å². The number of carboxylic acid groups (broad SMARTS) is 1. The molecule has 17 atom stereocenters. The van der Waals surface area contributed by atoms with E-state index in [1.54, 1.807) is 84.0 Å². The molecule has 1 saturated heterocycles. The van der Waals surface area contributed by atoms with Gasteiger partial charge in [0.25, 0.3) is 0 Å². The minimum absolute atomic E-state index is 0.0110. The maximum Gasteiger partial charge on any atom is 0.303 e. The molecule has 3 rings (SSSR count). The number of hydrogen-bond donors (Lipinski definition) is 25. The molecule has 2 aromatic rings. The molecular formula is C81H128N20O27. The largest absolute Gasteiger partial charge is 0.508 e. The van der Waals surface area contributed by atoms with Gasteiger partial charge in [-0.1, -0.05) is 84.0 Å². The number of carbonyl (C=O) groups excluding carboxylic acids is 18. The van der Waals surface area contributed by atoms with Crippen molar-refractivity contribution in [2.24, 2.45) is 46.4 Å². The number of nitrogens with two attached hydrogens (primary N) is 5. The highest BCUT2D eigenvalue weighted by Crippen LogP contribution is 2.23. The van der Waals surface area contributed by atoms with E-state index in [9.17, 15) is 122 Å². The van der Waals surface area contributed by atoms with Crippen molar-refractivity contribution in [1.82, 2.24) is 79.3 Å². The molecule has 0 radical (unpaired) electrons. The molecule has 1 fully saturated rings. The van der Waals surface area contributed by atoms with Crippen molar-refractivity contribution >= 4 is 112 Å². The molecule has 1 aliphatic heterocycles. The predicted octanol–water partition coefficient (Wildman–Crippen LogP) is -9.35. The second kappa shape index (κ2) is 54.1. The van der Waals surface area contributed by atoms with Crippen molar-refractivity contribution in [2.75, 3.05) is 46.4 Å². The van der Waals surface area contributed by atoms with Crippen LogP contribution in [0.4, 0.5) is 0 Å². The molecule has 18 amide bonds. The van der Waals surface area contributed by atoms with Gasteiger partial charge in [-0.2, -0.15) is 0 Å². The maximum absolute atomic E-state index is 14.4. The molecule has 0 aromatic heterocycles. The van der Waals surface area contributed by atoms with Crippen LogP contribution >= 0.6 is 0 Å². The number of phenols is 1. The van der Waals surface area contributed by atoms with Gasteiger partial charge in [0.1, 0.15) is 102 Å². The Kier molecular flexibility index (Phi) is 46.5. The number of unbranched alkanes of at least 4 members (excludes halogenated alkanes) is 1. The number of rotatable bonds is 56. The summed E-state index contributed by atoms with van der Waals surface area (Å²) in [7, 11) is 1.27. The smallest absolute Gasteiger partial charge is 0.303 e. The van der Waals surface area contributed by atoms with Gasteiger partial charge in [0, 0.05) is 19.9 Å². The zero-order valence-corrected chi connectivity index (χ0v) is 73.6. The number of aliphatic hydroxyl groups excluding tert-OH is 4. The van der Waals surface area contributed by atoms with Crippen molar-refractivity contribution in [3.63, 3.8) is 0 Å². The molecule has 2 aromatic carbocycles. The van der Waals surface area contributed by atoms with Crippen molar-refractivity contribution in [3.8, 4) is 5.75 Å². The highest BCUT2D eigenvalue weighted by molar-refractivity contribution is 6.02. The standard InChI is InChI=1S/C81H128N20O27/c1-39(2)27-50(67(86)114)94-76(123)55(38-127-79-66(113)65(112)64(111)57(37-102)128-79)98-71(118)48(19-15-16-26-82)93-74(121)51(28-40(3)4)95-69(116)43(8)91-73(120)54(33-59(85)105)97-72(119)49(24-25-63(109)110)99-80(126)81(9,10)100-77(124)52(29-41(5)6)96-75(122)53(32-58(84)104)92-61(107)35-87-60(106)34-88-78(125)56(31-44-17-13-12-14-18-44)101(11)62(108)36-89-68(115)42(7)90-70(117)47(83)30-45-20-22-46(103)23-21-45/h12-14,17-18,20-23,39-43,47-57,64-66,79,102-103,111-113H,15-16,19,24-38,82-83H2,1-11H3,(H2,84,104)(H2,85,105)(H2,86,114)(H,87,106)(H,88,125)(H,89,115)(H,90,117)(H,91,120)(H,92,107)(H,93,121)(H,94,123)(H,95,116)(H,96,122)(H,97,119)(H,98,118)(H,99,126)(H,100,124)(H,109,110)/t42-,43+,47+,48+,49+,50+,51+,52+,53+,54+,55+,56+,57-,64-,65+,66-,79-/m1/s1. The zero-order valence-electron chi connectivity index (χ0n) is 73.6. The van der Waals surface area contributed by atoms with Crippen LogP contribution in [0.25, 0.3) is 0 Å². The van der Waals surface area contributed by atoms with Crippen LogP contribution in [-0.2, 0) is 113 Å². The Morgan fingerprint density at radius 1 is 0.484 bits per heavy atom. The van der Waals surface area contributed by atoms with Gasteiger partial charge in [-0.25, -0.2) is 0 Å². The number of aliphatic hydroxyl groups is 4. The summed E-state index contributed by atoms with van der Waals surface area (Å²) in [6, 6.07) is -4.19. The van der Waals surface area contributed by atoms with Crippen molar-refractivity contribution < 1.29 is 131 Å². The van der Waals surface area contributed by atoms with E-state index in [4.69, 9.17) is 38.1 Å². The van der Waals surface area contributed by atoms with Gasteiger partial charge in [0.05, 0.1) is 51.7 Å². The Labute approximate surface area is 739 Å². The van der Waals surface area contributed by atoms with E-state index in [1.807, 2.05) is 0 Å². The molecule has 30 N–H and O–H groups in total. The first-order chi connectivity index (χ1) is 59.9. The summed E-state index contributed by atoms with van der Waals surface area (Å²) in [6.07, 6.45) is -12.3. The molecule has 1 heterocycles. The minimum Gasteiger partial charge on any atom is -0.508 e. The second-order valence-electron chi connectivity index (χ2n) is 32.9. The summed E-state index contributed by atoms with van der Waals surface area (Å²) in [5.41, 5.74) is 27.5. The van der Waals surface area contributed by atoms with E-state index in [0.717, 1.165) is 25.7 Å². The molecule has 47 nitrogen and oxygen atoms in total. The number of carbonyl (C=O) groups is 19. The second-order valence-corrected chi connectivity index (χ2v) is 32.9. The number of carboxylic acids is 1. The van der Waals surface area contributed by atoms with E-state index in [0.29, 0.717) is 17.5 Å². The molecule has 0 saturated carbocycles. The van der Waals surface area contributed by atoms with E-state index in [-0.39, 0.29) is 69.1 Å². The fourth-order valence-corrected chi connectivity index (χ4v) is 12.6. The molecule has 0 bridgehead atoms. The van der Waals surface area contributed by atoms with E-state index < -0.39 is 285 Å². The third kappa shape index (κ3) is 39.0. The van der Waals surface area contributed by atoms with Gasteiger partial charge in [-0.05, 0) is 127 Å². The fourth-order valence-electron chi connectivity index (χ4n) is 12.6. The SMILES string of the molecule is CC(C)C[C@H](NC(=O)[C@H](CO[C@@H]1O[C@H](CO)[C@@H](O)[C@H](O)[C@H]1O)NC(=O)[C@H](CCCCN)NC(=O)[C@H](CC(C)C)NC(=O)[C@H](C)NC(=O)[C@H](CC(N)=O)NC(=O)[C@H](CCC(=O)O)NC(=O)C(C)(C)NC(=O)[C@H](CC(C)C)NC(=O)[C@H](CC(N)=O)NC(=O)CNC(=O)CNC(=O)[C@H](Cc1ccccc1)N(C)C(=O)CNC(=O)[C@@H](C)NC(=O)[C@@H](N)Cc1ccc(O)cc1)C(N)=O. The molecule has 0 aliphatic carbocycles. The first-order valence-corrected chi connectivity index (χ1v) is 41.6. The number of ether oxygens (including phenoxy) is 2. The lowest BCUT2D eigenvalue weighted by molar-refractivity contribution is -0.301. The third-order valence-electron chi connectivity index (χ3n) is 19.9. The number of nitrogens with one attached hydrogen (secondary N) is 14. The number of likely N-dealkylation sites (N-methyl/N-ethyl adjacent to an activating group) is 1. The molecule has 714 valence electrons. The summed E-state index contributed by atoms with van der Waals surface area (Å²) in [5.74, 6) is -21.0. The van der Waals surface area contributed by atoms with Crippen LogP contribution in [-0.4, -0.2) is 303 Å². The number of aliphatic carboxylic acids is 1. The molecule has 47 heteroatoms. The van der Waals surface area contributed by atoms with Crippen LogP contribution in [0.2, 0.25) is 0 Å². The summed E-state index contributed by atoms with van der Waals surface area (Å²) in [6.45, 7) is 10.9. The summed E-state index contributed by atoms with van der Waals surface area (Å²) >= 11 is 0. The van der Waals surface area contributed by atoms with Gasteiger partial charge in [0.2, 0.25) is 106 Å². The highest BCUT2D eigenvalue weighted by atomic mass is 16.7. The summed E-state index contributed by atoms with van der Waals surface area (Å²) in [4.78, 5) is 258. The average molecular weight is 1810 g/mol. The van der Waals surface area contributed by atoms with Gasteiger partial charge in [-0.3, -0.25) is 91.1 Å². The normalized spacial score (nSPS) is 17.7. The van der Waals surface area contributed by atoms with Crippen LogP contribution in [0.1, 0.15) is 145 Å². The molecule has 0 unspecified atom stereocenters. The fraction of sp³-hybridized carbons (Fsp3) is 0.617. The topological polar surface area (TPSA) is 766 Å². The number of phenolic OH excluding ortho intramolecular Hbond substituents is 1. The van der Waals surface area contributed by atoms with E-state index in [1.165, 1.54) is 26.1 Å². The highest BCUT2D eigenvalue weighted by Gasteiger charge is 2.46. The Hall–Kier alpha value is -12.2. The van der Waals surface area contributed by atoms with Gasteiger partial charge in [-0.15, -0.1) is 0 Å². The van der Waals surface area contributed by atoms with Gasteiger partial charge >= 0.3 is 5.97 Å². The maximum atomic E-state index is 14.4. The first-order valence-electron chi connectivity index (χ1n) is 41.6. The van der Waals surface area contributed by atoms with E-state index in [2.05, 4.69) is 74.4 Å². The molecular weight excluding hydrogens is 1690 g/mol. The lowest BCUT2D eigenvalue weighted by atomic mass is 9.98. The molecule has 0 spiro atoms. The molecule has 128 heavy (non-hydrogen) atoms. The lowest BCUT2D eigenvalue weighted by Crippen LogP contribution is -2.63. The molecule has 1 aliphatic rings. The number of benzene rings is 2. The first kappa shape index (κ1) is 110. The predicted molar refractivity (Wildman–Crippen MR) is 453 cm³/mol. The Balaban J connectivity index is 1.75. The number of amides is 18. The monoisotopic (exact) mass is 1810 g/mol.